The highest BCUT2D eigenvalue weighted by atomic mass is 19.1. The molecule has 0 unspecified atom stereocenters. The molecule has 2 aromatic carbocycles. The molecule has 1 atom stereocenters. The first-order valence-electron chi connectivity index (χ1n) is 8.55. The topological polar surface area (TPSA) is 96.2 Å². The molecule has 2 heterocycles. The third kappa shape index (κ3) is 3.45. The maximum atomic E-state index is 13.8. The lowest BCUT2D eigenvalue weighted by Gasteiger charge is -2.24. The highest BCUT2D eigenvalue weighted by molar-refractivity contribution is 6.08. The van der Waals surface area contributed by atoms with Crippen molar-refractivity contribution in [3.63, 3.8) is 0 Å². The van der Waals surface area contributed by atoms with Crippen molar-refractivity contribution in [2.45, 2.75) is 6.04 Å². The van der Waals surface area contributed by atoms with Crippen molar-refractivity contribution in [1.29, 1.82) is 0 Å². The minimum Gasteiger partial charge on any atom is -0.477 e. The van der Waals surface area contributed by atoms with E-state index in [9.17, 15) is 23.5 Å². The number of nitrogens with one attached hydrogen (secondary N) is 2. The van der Waals surface area contributed by atoms with Gasteiger partial charge in [-0.05, 0) is 35.9 Å². The maximum absolute atomic E-state index is 13.8. The number of aliphatic carboxylic acids is 1. The lowest BCUT2D eigenvalue weighted by atomic mass is 10.0. The molecule has 0 bridgehead atoms. The van der Waals surface area contributed by atoms with Crippen LogP contribution in [0, 0.1) is 11.6 Å². The largest absolute Gasteiger partial charge is 0.477 e. The van der Waals surface area contributed by atoms with Gasteiger partial charge >= 0.3 is 5.97 Å². The van der Waals surface area contributed by atoms with Crippen LogP contribution < -0.4 is 10.6 Å². The summed E-state index contributed by atoms with van der Waals surface area (Å²) in [4.78, 5) is 24.2. The molecule has 1 aliphatic heterocycles. The molecule has 0 radical (unpaired) electrons. The third-order valence-electron chi connectivity index (χ3n) is 4.45. The summed E-state index contributed by atoms with van der Waals surface area (Å²) < 4.78 is 28.5. The van der Waals surface area contributed by atoms with Gasteiger partial charge in [-0.15, -0.1) is 0 Å². The van der Waals surface area contributed by atoms with Crippen LogP contribution in [0.1, 0.15) is 22.0 Å². The average Bonchev–Trinajstić information content (AvgIpc) is 3.14. The van der Waals surface area contributed by atoms with Crippen LogP contribution >= 0.6 is 0 Å². The first-order chi connectivity index (χ1) is 13.9. The molecule has 3 N–H and O–H groups in total. The summed E-state index contributed by atoms with van der Waals surface area (Å²) in [5.41, 5.74) is 0.439. The molecule has 29 heavy (non-hydrogen) atoms. The SMILES string of the molecule is O=C(O)C1=C[C@@H](c2ccc(F)cc2)n2ncc(C(=O)Nc3ccccc3F)c2N1. The Hall–Kier alpha value is -4.01. The summed E-state index contributed by atoms with van der Waals surface area (Å²) in [6, 6.07) is 10.5. The Labute approximate surface area is 163 Å². The van der Waals surface area contributed by atoms with E-state index in [1.54, 1.807) is 6.07 Å². The molecule has 0 saturated heterocycles. The number of fused-ring (bicyclic) bond motifs is 1. The molecule has 1 amide bonds. The van der Waals surface area contributed by atoms with Crippen molar-refractivity contribution >= 4 is 23.4 Å². The second-order valence-corrected chi connectivity index (χ2v) is 6.29. The number of rotatable bonds is 4. The summed E-state index contributed by atoms with van der Waals surface area (Å²) in [5, 5.41) is 18.7. The average molecular weight is 396 g/mol. The molecule has 1 aliphatic rings. The smallest absolute Gasteiger partial charge is 0.352 e. The minimum atomic E-state index is -1.23. The van der Waals surface area contributed by atoms with E-state index in [0.717, 1.165) is 0 Å². The van der Waals surface area contributed by atoms with Gasteiger partial charge in [0.1, 0.15) is 28.7 Å². The fourth-order valence-electron chi connectivity index (χ4n) is 3.04. The van der Waals surface area contributed by atoms with Crippen molar-refractivity contribution in [2.24, 2.45) is 0 Å². The van der Waals surface area contributed by atoms with Crippen molar-refractivity contribution in [3.8, 4) is 0 Å². The Morgan fingerprint density at radius 1 is 1.10 bits per heavy atom. The molecular weight excluding hydrogens is 382 g/mol. The number of carboxylic acid groups (broad SMARTS) is 1. The lowest BCUT2D eigenvalue weighted by molar-refractivity contribution is -0.132. The highest BCUT2D eigenvalue weighted by Crippen LogP contribution is 2.32. The van der Waals surface area contributed by atoms with Crippen molar-refractivity contribution in [2.75, 3.05) is 10.6 Å². The quantitative estimate of drug-likeness (QED) is 0.628. The third-order valence-corrected chi connectivity index (χ3v) is 4.45. The van der Waals surface area contributed by atoms with E-state index in [1.165, 1.54) is 59.4 Å². The van der Waals surface area contributed by atoms with Gasteiger partial charge < -0.3 is 15.7 Å². The number of para-hydroxylation sites is 1. The van der Waals surface area contributed by atoms with E-state index in [1.807, 2.05) is 0 Å². The van der Waals surface area contributed by atoms with E-state index in [2.05, 4.69) is 15.7 Å². The number of hydrogen-bond acceptors (Lipinski definition) is 4. The Kier molecular flexibility index (Phi) is 4.55. The molecule has 3 aromatic rings. The summed E-state index contributed by atoms with van der Waals surface area (Å²) in [6.45, 7) is 0. The zero-order valence-electron chi connectivity index (χ0n) is 14.8. The number of halogens is 2. The Balaban J connectivity index is 1.73. The van der Waals surface area contributed by atoms with Gasteiger partial charge in [0.05, 0.1) is 17.9 Å². The molecule has 4 rings (SSSR count). The van der Waals surface area contributed by atoms with Crippen molar-refractivity contribution in [1.82, 2.24) is 9.78 Å². The van der Waals surface area contributed by atoms with Crippen LogP contribution in [0.25, 0.3) is 0 Å². The number of allylic oxidation sites excluding steroid dienone is 1. The summed E-state index contributed by atoms with van der Waals surface area (Å²) in [6.07, 6.45) is 2.67. The zero-order chi connectivity index (χ0) is 20.5. The normalized spacial score (nSPS) is 15.1. The monoisotopic (exact) mass is 396 g/mol. The standard InChI is InChI=1S/C20H14F2N4O3/c21-12-7-5-11(6-8-12)17-9-16(20(28)29)24-18-13(10-23-26(17)18)19(27)25-15-4-2-1-3-14(15)22/h1-10,17,24H,(H,25,27)(H,28,29)/t17-/m0/s1. The van der Waals surface area contributed by atoms with Gasteiger partial charge in [-0.3, -0.25) is 4.79 Å². The Morgan fingerprint density at radius 3 is 2.52 bits per heavy atom. The molecule has 9 heteroatoms. The van der Waals surface area contributed by atoms with Crippen LogP contribution in [-0.2, 0) is 4.79 Å². The molecular formula is C20H14F2N4O3. The number of nitrogens with zero attached hydrogens (tertiary/aromatic N) is 2. The molecule has 7 nitrogen and oxygen atoms in total. The minimum absolute atomic E-state index is 0.0163. The predicted octanol–water partition coefficient (Wildman–Crippen LogP) is 3.40. The lowest BCUT2D eigenvalue weighted by Crippen LogP contribution is -2.25. The van der Waals surface area contributed by atoms with Crippen LogP contribution in [0.3, 0.4) is 0 Å². The molecule has 0 spiro atoms. The van der Waals surface area contributed by atoms with Crippen LogP contribution in [0.4, 0.5) is 20.3 Å². The fraction of sp³-hybridized carbons (Fsp3) is 0.0500. The van der Waals surface area contributed by atoms with Gasteiger partial charge in [0.15, 0.2) is 0 Å². The first kappa shape index (κ1) is 18.4. The Bertz CT molecular complexity index is 1140. The Morgan fingerprint density at radius 2 is 1.83 bits per heavy atom. The number of carbonyl (C=O) groups excluding carboxylic acids is 1. The highest BCUT2D eigenvalue weighted by Gasteiger charge is 2.29. The van der Waals surface area contributed by atoms with Crippen LogP contribution in [0.5, 0.6) is 0 Å². The second-order valence-electron chi connectivity index (χ2n) is 6.29. The van der Waals surface area contributed by atoms with Crippen LogP contribution in [0.2, 0.25) is 0 Å². The van der Waals surface area contributed by atoms with Gasteiger partial charge in [-0.25, -0.2) is 18.3 Å². The number of anilines is 2. The van der Waals surface area contributed by atoms with Crippen molar-refractivity contribution < 1.29 is 23.5 Å². The second kappa shape index (κ2) is 7.19. The van der Waals surface area contributed by atoms with E-state index in [4.69, 9.17) is 0 Å². The van der Waals surface area contributed by atoms with E-state index < -0.39 is 29.6 Å². The summed E-state index contributed by atoms with van der Waals surface area (Å²) >= 11 is 0. The van der Waals surface area contributed by atoms with Gasteiger partial charge in [-0.1, -0.05) is 24.3 Å². The molecule has 1 aromatic heterocycles. The van der Waals surface area contributed by atoms with Gasteiger partial charge in [0.2, 0.25) is 0 Å². The number of benzene rings is 2. The molecule has 0 fully saturated rings. The van der Waals surface area contributed by atoms with Gasteiger partial charge in [0, 0.05) is 0 Å². The van der Waals surface area contributed by atoms with Gasteiger partial charge in [-0.2, -0.15) is 5.10 Å². The number of hydrogen-bond donors (Lipinski definition) is 3. The number of aromatic nitrogens is 2. The van der Waals surface area contributed by atoms with E-state index in [-0.39, 0.29) is 22.8 Å². The van der Waals surface area contributed by atoms with Crippen LogP contribution in [-0.4, -0.2) is 26.8 Å². The first-order valence-corrected chi connectivity index (χ1v) is 8.55. The van der Waals surface area contributed by atoms with E-state index in [0.29, 0.717) is 5.56 Å². The van der Waals surface area contributed by atoms with Crippen LogP contribution in [0.15, 0.2) is 66.5 Å². The fourth-order valence-corrected chi connectivity index (χ4v) is 3.04. The van der Waals surface area contributed by atoms with E-state index >= 15 is 0 Å². The number of amides is 1. The molecule has 146 valence electrons. The van der Waals surface area contributed by atoms with Crippen molar-refractivity contribution in [3.05, 3.63) is 89.3 Å². The zero-order valence-corrected chi connectivity index (χ0v) is 14.8. The summed E-state index contributed by atoms with van der Waals surface area (Å²) in [5.74, 6) is -2.80. The maximum Gasteiger partial charge on any atom is 0.352 e. The number of carbonyl (C=O) groups is 2. The summed E-state index contributed by atoms with van der Waals surface area (Å²) in [7, 11) is 0. The van der Waals surface area contributed by atoms with Gasteiger partial charge in [0.25, 0.3) is 5.91 Å². The predicted molar refractivity (Wildman–Crippen MR) is 100 cm³/mol. The molecule has 0 saturated carbocycles. The molecule has 0 aliphatic carbocycles. The number of carboxylic acids is 1.